The van der Waals surface area contributed by atoms with Crippen LogP contribution in [-0.2, 0) is 9.59 Å². The number of anilines is 1. The number of pyridine rings is 1. The molecule has 0 aliphatic heterocycles. The second kappa shape index (κ2) is 6.12. The number of amides is 1. The number of hydrogen-bond acceptors (Lipinski definition) is 4. The molecule has 0 spiro atoms. The van der Waals surface area contributed by atoms with Crippen LogP contribution in [0.1, 0.15) is 5.56 Å². The van der Waals surface area contributed by atoms with E-state index in [-0.39, 0.29) is 17.4 Å². The van der Waals surface area contributed by atoms with Crippen molar-refractivity contribution in [2.75, 3.05) is 16.8 Å². The highest BCUT2D eigenvalue weighted by Gasteiger charge is 2.06. The molecule has 0 saturated carbocycles. The SMILES string of the molecule is Cc1ccncc1NC(=O)CSCC(=O)O. The first-order chi connectivity index (χ1) is 7.59. The standard InChI is InChI=1S/C10H12N2O3S/c1-7-2-3-11-4-8(7)12-9(13)5-16-6-10(14)15/h2-4H,5-6H2,1H3,(H,12,13)(H,14,15). The summed E-state index contributed by atoms with van der Waals surface area (Å²) in [5.41, 5.74) is 1.58. The number of nitrogens with zero attached hydrogens (tertiary/aromatic N) is 1. The lowest BCUT2D eigenvalue weighted by molar-refractivity contribution is -0.133. The molecule has 0 fully saturated rings. The molecular formula is C10H12N2O3S. The molecule has 0 aliphatic carbocycles. The normalized spacial score (nSPS) is 9.81. The number of thioether (sulfide) groups is 1. The maximum absolute atomic E-state index is 11.4. The van der Waals surface area contributed by atoms with E-state index >= 15 is 0 Å². The molecule has 0 aromatic carbocycles. The molecule has 2 N–H and O–H groups in total. The molecule has 16 heavy (non-hydrogen) atoms. The zero-order chi connectivity index (χ0) is 12.0. The van der Waals surface area contributed by atoms with E-state index in [0.717, 1.165) is 17.3 Å². The van der Waals surface area contributed by atoms with E-state index in [0.29, 0.717) is 5.69 Å². The Morgan fingerprint density at radius 2 is 2.25 bits per heavy atom. The average Bonchev–Trinajstić information content (AvgIpc) is 2.21. The summed E-state index contributed by atoms with van der Waals surface area (Å²) in [4.78, 5) is 25.5. The van der Waals surface area contributed by atoms with Crippen LogP contribution in [0.5, 0.6) is 0 Å². The fourth-order valence-electron chi connectivity index (χ4n) is 1.01. The Hall–Kier alpha value is -1.56. The number of carboxylic acid groups (broad SMARTS) is 1. The molecule has 0 saturated heterocycles. The van der Waals surface area contributed by atoms with E-state index in [9.17, 15) is 9.59 Å². The minimum Gasteiger partial charge on any atom is -0.481 e. The predicted octanol–water partition coefficient (Wildman–Crippen LogP) is 1.15. The van der Waals surface area contributed by atoms with Gasteiger partial charge < -0.3 is 10.4 Å². The summed E-state index contributed by atoms with van der Waals surface area (Å²) in [6, 6.07) is 1.79. The summed E-state index contributed by atoms with van der Waals surface area (Å²) in [7, 11) is 0. The third-order valence-corrected chi connectivity index (χ3v) is 2.69. The first kappa shape index (κ1) is 12.5. The Labute approximate surface area is 97.3 Å². The molecule has 5 nitrogen and oxygen atoms in total. The van der Waals surface area contributed by atoms with Crippen molar-refractivity contribution in [3.63, 3.8) is 0 Å². The molecule has 0 aliphatic rings. The molecule has 1 aromatic rings. The van der Waals surface area contributed by atoms with Gasteiger partial charge in [-0.05, 0) is 18.6 Å². The number of rotatable bonds is 5. The van der Waals surface area contributed by atoms with Crippen molar-refractivity contribution in [1.29, 1.82) is 0 Å². The molecule has 1 aromatic heterocycles. The minimum atomic E-state index is -0.921. The predicted molar refractivity (Wildman–Crippen MR) is 62.6 cm³/mol. The van der Waals surface area contributed by atoms with E-state index in [2.05, 4.69) is 10.3 Å². The lowest BCUT2D eigenvalue weighted by Crippen LogP contribution is -2.16. The van der Waals surface area contributed by atoms with Crippen LogP contribution >= 0.6 is 11.8 Å². The minimum absolute atomic E-state index is 0.0700. The van der Waals surface area contributed by atoms with E-state index in [1.807, 2.05) is 6.92 Å². The van der Waals surface area contributed by atoms with Crippen LogP contribution in [0.4, 0.5) is 5.69 Å². The van der Waals surface area contributed by atoms with Gasteiger partial charge in [-0.1, -0.05) is 0 Å². The monoisotopic (exact) mass is 240 g/mol. The summed E-state index contributed by atoms with van der Waals surface area (Å²) in [5, 5.41) is 11.1. The highest BCUT2D eigenvalue weighted by atomic mass is 32.2. The van der Waals surface area contributed by atoms with Crippen LogP contribution in [0.25, 0.3) is 0 Å². The number of aromatic nitrogens is 1. The molecule has 0 radical (unpaired) electrons. The Bertz CT molecular complexity index is 395. The van der Waals surface area contributed by atoms with Gasteiger partial charge in [0.05, 0.1) is 23.4 Å². The lowest BCUT2D eigenvalue weighted by Gasteiger charge is -2.06. The Balaban J connectivity index is 2.40. The van der Waals surface area contributed by atoms with Crippen LogP contribution in [0.2, 0.25) is 0 Å². The van der Waals surface area contributed by atoms with Gasteiger partial charge in [-0.25, -0.2) is 0 Å². The average molecular weight is 240 g/mol. The molecule has 86 valence electrons. The van der Waals surface area contributed by atoms with Gasteiger partial charge >= 0.3 is 5.97 Å². The topological polar surface area (TPSA) is 79.3 Å². The fraction of sp³-hybridized carbons (Fsp3) is 0.300. The molecule has 1 rings (SSSR count). The first-order valence-electron chi connectivity index (χ1n) is 4.59. The number of carboxylic acids is 1. The Morgan fingerprint density at radius 1 is 1.50 bits per heavy atom. The fourth-order valence-corrected chi connectivity index (χ4v) is 1.55. The van der Waals surface area contributed by atoms with Crippen LogP contribution in [0, 0.1) is 6.92 Å². The van der Waals surface area contributed by atoms with Crippen molar-refractivity contribution in [2.24, 2.45) is 0 Å². The van der Waals surface area contributed by atoms with Gasteiger partial charge in [0.2, 0.25) is 5.91 Å². The summed E-state index contributed by atoms with van der Waals surface area (Å²) in [6.45, 7) is 1.86. The van der Waals surface area contributed by atoms with Crippen LogP contribution in [0.3, 0.4) is 0 Å². The van der Waals surface area contributed by atoms with E-state index in [1.54, 1.807) is 18.5 Å². The van der Waals surface area contributed by atoms with Crippen LogP contribution in [0.15, 0.2) is 18.5 Å². The first-order valence-corrected chi connectivity index (χ1v) is 5.75. The Morgan fingerprint density at radius 3 is 2.88 bits per heavy atom. The zero-order valence-electron chi connectivity index (χ0n) is 8.77. The van der Waals surface area contributed by atoms with Gasteiger partial charge in [0.25, 0.3) is 0 Å². The number of nitrogens with one attached hydrogen (secondary N) is 1. The second-order valence-corrected chi connectivity index (χ2v) is 4.11. The van der Waals surface area contributed by atoms with E-state index in [1.165, 1.54) is 0 Å². The lowest BCUT2D eigenvalue weighted by atomic mass is 10.2. The van der Waals surface area contributed by atoms with Gasteiger partial charge in [-0.3, -0.25) is 14.6 Å². The van der Waals surface area contributed by atoms with Crippen molar-refractivity contribution in [2.45, 2.75) is 6.92 Å². The second-order valence-electron chi connectivity index (χ2n) is 3.13. The van der Waals surface area contributed by atoms with Crippen molar-refractivity contribution in [1.82, 2.24) is 4.98 Å². The van der Waals surface area contributed by atoms with Crippen LogP contribution in [-0.4, -0.2) is 33.5 Å². The number of aliphatic carboxylic acids is 1. The highest BCUT2D eigenvalue weighted by Crippen LogP contribution is 2.11. The summed E-state index contributed by atoms with van der Waals surface area (Å²) in [6.07, 6.45) is 3.21. The van der Waals surface area contributed by atoms with Crippen molar-refractivity contribution >= 4 is 29.3 Å². The van der Waals surface area contributed by atoms with Gasteiger partial charge in [-0.2, -0.15) is 0 Å². The summed E-state index contributed by atoms with van der Waals surface area (Å²) >= 11 is 1.06. The number of carbonyl (C=O) groups is 2. The van der Waals surface area contributed by atoms with E-state index < -0.39 is 5.97 Å². The van der Waals surface area contributed by atoms with Gasteiger partial charge in [-0.15, -0.1) is 11.8 Å². The smallest absolute Gasteiger partial charge is 0.313 e. The van der Waals surface area contributed by atoms with E-state index in [4.69, 9.17) is 5.11 Å². The molecular weight excluding hydrogens is 228 g/mol. The van der Waals surface area contributed by atoms with Crippen molar-refractivity contribution < 1.29 is 14.7 Å². The van der Waals surface area contributed by atoms with Crippen LogP contribution < -0.4 is 5.32 Å². The van der Waals surface area contributed by atoms with Gasteiger partial charge in [0.1, 0.15) is 0 Å². The summed E-state index contributed by atoms with van der Waals surface area (Å²) in [5.74, 6) is -1.09. The third kappa shape index (κ3) is 4.31. The molecule has 1 heterocycles. The molecule has 1 amide bonds. The molecule has 0 atom stereocenters. The highest BCUT2D eigenvalue weighted by molar-refractivity contribution is 8.00. The van der Waals surface area contributed by atoms with Crippen molar-refractivity contribution in [3.05, 3.63) is 24.0 Å². The molecule has 6 heteroatoms. The number of carbonyl (C=O) groups excluding carboxylic acids is 1. The molecule has 0 bridgehead atoms. The largest absolute Gasteiger partial charge is 0.481 e. The number of hydrogen-bond donors (Lipinski definition) is 2. The Kier molecular flexibility index (Phi) is 4.78. The summed E-state index contributed by atoms with van der Waals surface area (Å²) < 4.78 is 0. The van der Waals surface area contributed by atoms with Crippen molar-refractivity contribution in [3.8, 4) is 0 Å². The van der Waals surface area contributed by atoms with Gasteiger partial charge in [0, 0.05) is 6.20 Å². The van der Waals surface area contributed by atoms with Gasteiger partial charge in [0.15, 0.2) is 0 Å². The maximum atomic E-state index is 11.4. The molecule has 0 unspecified atom stereocenters. The third-order valence-electron chi connectivity index (χ3n) is 1.77. The quantitative estimate of drug-likeness (QED) is 0.807. The zero-order valence-corrected chi connectivity index (χ0v) is 9.58. The maximum Gasteiger partial charge on any atom is 0.313 e. The number of aryl methyl sites for hydroxylation is 1.